The molecule has 3 aromatic carbocycles. The molecule has 2 aliphatic heterocycles. The van der Waals surface area contributed by atoms with Crippen LogP contribution in [0.2, 0.25) is 0 Å². The average molecular weight is 560 g/mol. The van der Waals surface area contributed by atoms with Gasteiger partial charge in [-0.05, 0) is 96.7 Å². The van der Waals surface area contributed by atoms with Gasteiger partial charge in [0.1, 0.15) is 5.75 Å². The Labute approximate surface area is 238 Å². The van der Waals surface area contributed by atoms with Gasteiger partial charge < -0.3 is 4.55 Å². The van der Waals surface area contributed by atoms with E-state index in [9.17, 15) is 4.55 Å². The summed E-state index contributed by atoms with van der Waals surface area (Å²) < 4.78 is 13.2. The van der Waals surface area contributed by atoms with Crippen molar-refractivity contribution in [2.24, 2.45) is 5.92 Å². The summed E-state index contributed by atoms with van der Waals surface area (Å²) in [5.41, 5.74) is 5.62. The molecular weight excluding hydrogens is 519 g/mol. The molecule has 0 radical (unpaired) electrons. The van der Waals surface area contributed by atoms with Gasteiger partial charge in [0.05, 0.1) is 0 Å². The first kappa shape index (κ1) is 30.0. The van der Waals surface area contributed by atoms with Crippen LogP contribution in [-0.2, 0) is 37.1 Å². The summed E-state index contributed by atoms with van der Waals surface area (Å²) in [6.07, 6.45) is 5.66. The monoisotopic (exact) mass is 558 g/mol. The Hall–Kier alpha value is -1.53. The molecule has 0 spiro atoms. The number of fused-ring (bicyclic) bond motifs is 1. The molecule has 0 saturated carbocycles. The summed E-state index contributed by atoms with van der Waals surface area (Å²) >= 11 is -0.896. The molecule has 2 aliphatic rings. The van der Waals surface area contributed by atoms with E-state index in [0.29, 0.717) is 5.92 Å². The van der Waals surface area contributed by atoms with Crippen molar-refractivity contribution in [2.45, 2.75) is 50.1 Å². The number of hydrogen-bond donors (Lipinski definition) is 0. The Morgan fingerprint density at radius 2 is 1.22 bits per heavy atom. The summed E-state index contributed by atoms with van der Waals surface area (Å²) in [6.45, 7) is 6.54. The zero-order valence-electron chi connectivity index (χ0n) is 21.6. The molecule has 2 heterocycles. The Kier molecular flexibility index (Phi) is 12.3. The molecule has 0 N–H and O–H groups in total. The number of hydrogen-bond acceptors (Lipinski definition) is 3. The van der Waals surface area contributed by atoms with Crippen molar-refractivity contribution in [3.8, 4) is 0 Å². The molecule has 1 atom stereocenters. The maximum atomic E-state index is 13.2. The third-order valence-corrected chi connectivity index (χ3v) is 9.14. The van der Waals surface area contributed by atoms with Gasteiger partial charge in [-0.2, -0.15) is 0 Å². The second-order valence-corrected chi connectivity index (χ2v) is 11.8. The maximum Gasteiger partial charge on any atom is 0.152 e. The molecule has 0 bridgehead atoms. The highest BCUT2D eigenvalue weighted by molar-refractivity contribution is 7.91. The first-order chi connectivity index (χ1) is 17.2. The Morgan fingerprint density at radius 3 is 1.81 bits per heavy atom. The lowest BCUT2D eigenvalue weighted by Gasteiger charge is -2.32. The molecule has 1 fully saturated rings. The summed E-state index contributed by atoms with van der Waals surface area (Å²) in [5.74, 6) is 1.50. The number of piperidine rings is 1. The third-order valence-electron chi connectivity index (χ3n) is 7.75. The van der Waals surface area contributed by atoms with Crippen LogP contribution in [0.1, 0.15) is 41.5 Å². The van der Waals surface area contributed by atoms with Crippen LogP contribution in [0, 0.1) is 5.92 Å². The third kappa shape index (κ3) is 8.74. The molecule has 0 aliphatic carbocycles. The minimum absolute atomic E-state index is 0. The van der Waals surface area contributed by atoms with Gasteiger partial charge in [-0.15, -0.1) is 24.8 Å². The fourth-order valence-electron chi connectivity index (χ4n) is 5.56. The standard InChI is InChI=1S/C31H38N2OS.2ClH/c34-35(22-17-26-13-18-32(19-14-26)24-27-7-3-1-4-8-27)31-12-11-29-15-20-33(21-16-30(29)23-31)25-28-9-5-2-6-10-28;;/h1-12,23,26H,13-22,24-25H2;2*1H. The van der Waals surface area contributed by atoms with Gasteiger partial charge in [0.25, 0.3) is 0 Å². The maximum absolute atomic E-state index is 13.2. The van der Waals surface area contributed by atoms with Crippen LogP contribution >= 0.6 is 24.8 Å². The van der Waals surface area contributed by atoms with Crippen LogP contribution < -0.4 is 0 Å². The minimum Gasteiger partial charge on any atom is -0.611 e. The van der Waals surface area contributed by atoms with Crippen molar-refractivity contribution in [1.29, 1.82) is 0 Å². The van der Waals surface area contributed by atoms with Crippen LogP contribution in [0.25, 0.3) is 0 Å². The molecule has 37 heavy (non-hydrogen) atoms. The molecular formula is C31H40Cl2N2OS. The second-order valence-electron chi connectivity index (χ2n) is 10.2. The fraction of sp³-hybridized carbons (Fsp3) is 0.419. The number of likely N-dealkylation sites (tertiary alicyclic amines) is 1. The minimum atomic E-state index is -0.896. The van der Waals surface area contributed by atoms with Gasteiger partial charge >= 0.3 is 0 Å². The summed E-state index contributed by atoms with van der Waals surface area (Å²) in [7, 11) is 0. The van der Waals surface area contributed by atoms with Crippen LogP contribution in [-0.4, -0.2) is 46.3 Å². The van der Waals surface area contributed by atoms with Crippen LogP contribution in [0.3, 0.4) is 0 Å². The molecule has 0 aromatic heterocycles. The quantitative estimate of drug-likeness (QED) is 0.294. The van der Waals surface area contributed by atoms with E-state index in [2.05, 4.69) is 88.7 Å². The van der Waals surface area contributed by atoms with Crippen LogP contribution in [0.15, 0.2) is 83.8 Å². The van der Waals surface area contributed by atoms with Gasteiger partial charge in [0.2, 0.25) is 0 Å². The van der Waals surface area contributed by atoms with Gasteiger partial charge in [0, 0.05) is 26.2 Å². The largest absolute Gasteiger partial charge is 0.611 e. The molecule has 200 valence electrons. The molecule has 1 saturated heterocycles. The lowest BCUT2D eigenvalue weighted by atomic mass is 9.94. The van der Waals surface area contributed by atoms with Crippen molar-refractivity contribution in [3.05, 3.63) is 101 Å². The molecule has 1 unspecified atom stereocenters. The van der Waals surface area contributed by atoms with E-state index in [-0.39, 0.29) is 24.8 Å². The molecule has 0 amide bonds. The van der Waals surface area contributed by atoms with Crippen molar-refractivity contribution in [3.63, 3.8) is 0 Å². The van der Waals surface area contributed by atoms with Crippen molar-refractivity contribution in [1.82, 2.24) is 9.80 Å². The first-order valence-corrected chi connectivity index (χ1v) is 14.6. The van der Waals surface area contributed by atoms with Gasteiger partial charge in [0.15, 0.2) is 4.90 Å². The Morgan fingerprint density at radius 1 is 0.676 bits per heavy atom. The predicted octanol–water partition coefficient (Wildman–Crippen LogP) is 6.54. The lowest BCUT2D eigenvalue weighted by molar-refractivity contribution is 0.175. The van der Waals surface area contributed by atoms with E-state index < -0.39 is 11.2 Å². The Bertz CT molecular complexity index is 1060. The number of halogens is 2. The van der Waals surface area contributed by atoms with E-state index >= 15 is 0 Å². The average Bonchev–Trinajstić information content (AvgIpc) is 3.11. The van der Waals surface area contributed by atoms with Crippen LogP contribution in [0.5, 0.6) is 0 Å². The molecule has 6 heteroatoms. The fourth-order valence-corrected chi connectivity index (χ4v) is 6.83. The zero-order valence-corrected chi connectivity index (χ0v) is 24.0. The number of rotatable bonds is 8. The summed E-state index contributed by atoms with van der Waals surface area (Å²) in [6, 6.07) is 28.2. The highest BCUT2D eigenvalue weighted by Crippen LogP contribution is 2.26. The van der Waals surface area contributed by atoms with E-state index in [4.69, 9.17) is 0 Å². The SMILES string of the molecule is Cl.Cl.[O-][S+](CCC1CCN(Cc2ccccc2)CC1)c1ccc2c(c1)CCN(Cc1ccccc1)CC2. The molecule has 5 rings (SSSR count). The lowest BCUT2D eigenvalue weighted by Crippen LogP contribution is -2.33. The normalized spacial score (nSPS) is 17.6. The van der Waals surface area contributed by atoms with Gasteiger partial charge in [-0.25, -0.2) is 0 Å². The highest BCUT2D eigenvalue weighted by Gasteiger charge is 2.23. The van der Waals surface area contributed by atoms with Gasteiger partial charge in [-0.3, -0.25) is 9.80 Å². The highest BCUT2D eigenvalue weighted by atomic mass is 35.5. The smallest absolute Gasteiger partial charge is 0.152 e. The van der Waals surface area contributed by atoms with E-state index in [1.165, 1.54) is 35.1 Å². The van der Waals surface area contributed by atoms with E-state index in [0.717, 1.165) is 69.2 Å². The number of nitrogens with zero attached hydrogens (tertiary/aromatic N) is 2. The summed E-state index contributed by atoms with van der Waals surface area (Å²) in [5, 5.41) is 0. The number of benzene rings is 3. The zero-order chi connectivity index (χ0) is 23.9. The predicted molar refractivity (Wildman–Crippen MR) is 160 cm³/mol. The van der Waals surface area contributed by atoms with Gasteiger partial charge in [-0.1, -0.05) is 66.7 Å². The van der Waals surface area contributed by atoms with Crippen LogP contribution in [0.4, 0.5) is 0 Å². The van der Waals surface area contributed by atoms with Crippen molar-refractivity contribution in [2.75, 3.05) is 31.9 Å². The first-order valence-electron chi connectivity index (χ1n) is 13.3. The van der Waals surface area contributed by atoms with Crippen molar-refractivity contribution < 1.29 is 4.55 Å². The van der Waals surface area contributed by atoms with E-state index in [1.807, 2.05) is 0 Å². The molecule has 3 aromatic rings. The summed E-state index contributed by atoms with van der Waals surface area (Å²) in [4.78, 5) is 6.15. The molecule has 3 nitrogen and oxygen atoms in total. The topological polar surface area (TPSA) is 29.5 Å². The van der Waals surface area contributed by atoms with Crippen molar-refractivity contribution >= 4 is 36.0 Å². The van der Waals surface area contributed by atoms with E-state index in [1.54, 1.807) is 0 Å². The second kappa shape index (κ2) is 15.2. The Balaban J connectivity index is 0.00000190.